The number of ether oxygens (including phenoxy) is 2. The Morgan fingerprint density at radius 2 is 2.00 bits per heavy atom. The Kier molecular flexibility index (Phi) is 4.60. The number of aromatic nitrogens is 3. The summed E-state index contributed by atoms with van der Waals surface area (Å²) in [6.45, 7) is 1.41. The topological polar surface area (TPSA) is 78.6 Å². The van der Waals surface area contributed by atoms with Gasteiger partial charge in [0, 0.05) is 32.4 Å². The third-order valence-corrected chi connectivity index (χ3v) is 6.50. The van der Waals surface area contributed by atoms with Crippen molar-refractivity contribution in [2.24, 2.45) is 7.05 Å². The van der Waals surface area contributed by atoms with Gasteiger partial charge in [-0.25, -0.2) is 4.68 Å². The van der Waals surface area contributed by atoms with Crippen LogP contribution in [0.4, 0.5) is 0 Å². The average Bonchev–Trinajstić information content (AvgIpc) is 3.40. The number of rotatable bonds is 4. The number of ketones is 1. The summed E-state index contributed by atoms with van der Waals surface area (Å²) in [7, 11) is 1.84. The third-order valence-electron chi connectivity index (χ3n) is 6.04. The number of Topliss-reactive ketones (excluding diaryl/α,β-unsaturated/α-hetero) is 1. The number of carbonyl (C=O) groups excluding carboxylic acids is 2. The second-order valence-electron chi connectivity index (χ2n) is 7.87. The van der Waals surface area contributed by atoms with Crippen LogP contribution in [0.25, 0.3) is 0 Å². The minimum Gasteiger partial charge on any atom is -0.343 e. The van der Waals surface area contributed by atoms with Gasteiger partial charge in [0.1, 0.15) is 6.10 Å². The van der Waals surface area contributed by atoms with Crippen LogP contribution < -0.4 is 0 Å². The summed E-state index contributed by atoms with van der Waals surface area (Å²) in [6, 6.07) is 9.83. The van der Waals surface area contributed by atoms with Gasteiger partial charge >= 0.3 is 0 Å². The minimum atomic E-state index is -0.745. The molecular formula is C20H22N4O4S. The first kappa shape index (κ1) is 18.7. The van der Waals surface area contributed by atoms with E-state index in [1.807, 2.05) is 34.7 Å². The van der Waals surface area contributed by atoms with E-state index in [9.17, 15) is 9.59 Å². The lowest BCUT2D eigenvalue weighted by atomic mass is 9.99. The fourth-order valence-electron chi connectivity index (χ4n) is 4.36. The van der Waals surface area contributed by atoms with Crippen LogP contribution in [-0.4, -0.2) is 56.5 Å². The molecule has 0 spiro atoms. The smallest absolute Gasteiger partial charge is 0.223 e. The highest BCUT2D eigenvalue weighted by Crippen LogP contribution is 2.33. The zero-order valence-corrected chi connectivity index (χ0v) is 16.9. The molecule has 2 bridgehead atoms. The predicted octanol–water partition coefficient (Wildman–Crippen LogP) is 1.72. The van der Waals surface area contributed by atoms with Crippen molar-refractivity contribution in [3.8, 4) is 0 Å². The van der Waals surface area contributed by atoms with E-state index < -0.39 is 6.29 Å². The Labute approximate surface area is 173 Å². The summed E-state index contributed by atoms with van der Waals surface area (Å²) in [6.07, 6.45) is -0.187. The predicted molar refractivity (Wildman–Crippen MR) is 105 cm³/mol. The van der Waals surface area contributed by atoms with Gasteiger partial charge in [-0.3, -0.25) is 9.59 Å². The molecule has 9 heteroatoms. The molecule has 1 aromatic heterocycles. The van der Waals surface area contributed by atoms with Gasteiger partial charge in [0.05, 0.1) is 19.2 Å². The Morgan fingerprint density at radius 1 is 1.21 bits per heavy atom. The number of amides is 1. The van der Waals surface area contributed by atoms with E-state index in [1.165, 1.54) is 5.56 Å². The molecule has 3 aliphatic rings. The van der Waals surface area contributed by atoms with E-state index in [-0.39, 0.29) is 29.8 Å². The Morgan fingerprint density at radius 3 is 2.79 bits per heavy atom. The first-order valence-corrected chi connectivity index (χ1v) is 10.2. The molecule has 1 amide bonds. The minimum absolute atomic E-state index is 0.0849. The second-order valence-corrected chi connectivity index (χ2v) is 8.23. The Bertz CT molecular complexity index is 1020. The lowest BCUT2D eigenvalue weighted by Gasteiger charge is -2.26. The highest BCUT2D eigenvalue weighted by Gasteiger charge is 2.45. The maximum atomic E-state index is 12.6. The van der Waals surface area contributed by atoms with Gasteiger partial charge in [-0.05, 0) is 17.8 Å². The molecule has 0 radical (unpaired) electrons. The van der Waals surface area contributed by atoms with Crippen LogP contribution in [0, 0.1) is 4.77 Å². The van der Waals surface area contributed by atoms with Crippen molar-refractivity contribution in [3.05, 3.63) is 46.5 Å². The molecule has 29 heavy (non-hydrogen) atoms. The number of carbonyl (C=O) groups is 2. The van der Waals surface area contributed by atoms with Gasteiger partial charge in [-0.1, -0.05) is 30.3 Å². The average molecular weight is 414 g/mol. The lowest BCUT2D eigenvalue weighted by Crippen LogP contribution is -2.37. The normalized spacial score (nSPS) is 29.1. The molecule has 8 nitrogen and oxygen atoms in total. The number of nitrogens with zero attached hydrogens (tertiary/aromatic N) is 4. The van der Waals surface area contributed by atoms with Crippen LogP contribution in [0.3, 0.4) is 0 Å². The molecule has 3 fully saturated rings. The Balaban J connectivity index is 1.36. The number of fused-ring (bicyclic) bond motifs is 2. The molecular weight excluding hydrogens is 392 g/mol. The molecule has 3 aliphatic heterocycles. The number of benzene rings is 1. The van der Waals surface area contributed by atoms with Crippen molar-refractivity contribution >= 4 is 23.9 Å². The van der Waals surface area contributed by atoms with E-state index in [4.69, 9.17) is 21.7 Å². The molecule has 0 aliphatic carbocycles. The summed E-state index contributed by atoms with van der Waals surface area (Å²) in [5.41, 5.74) is 1.18. The van der Waals surface area contributed by atoms with Gasteiger partial charge in [-0.15, -0.1) is 0 Å². The quantitative estimate of drug-likeness (QED) is 0.709. The largest absolute Gasteiger partial charge is 0.343 e. The highest BCUT2D eigenvalue weighted by atomic mass is 32.1. The zero-order valence-electron chi connectivity index (χ0n) is 16.1. The molecule has 0 N–H and O–H groups in total. The molecule has 3 saturated heterocycles. The summed E-state index contributed by atoms with van der Waals surface area (Å²) < 4.78 is 15.0. The highest BCUT2D eigenvalue weighted by molar-refractivity contribution is 7.71. The lowest BCUT2D eigenvalue weighted by molar-refractivity contribution is -0.156. The maximum absolute atomic E-state index is 12.6. The third kappa shape index (κ3) is 3.23. The van der Waals surface area contributed by atoms with Crippen LogP contribution in [0.15, 0.2) is 30.3 Å². The van der Waals surface area contributed by atoms with E-state index in [2.05, 4.69) is 17.2 Å². The van der Waals surface area contributed by atoms with Gasteiger partial charge in [0.25, 0.3) is 0 Å². The maximum Gasteiger partial charge on any atom is 0.223 e. The van der Waals surface area contributed by atoms with Crippen LogP contribution in [0.2, 0.25) is 0 Å². The van der Waals surface area contributed by atoms with Crippen LogP contribution >= 0.6 is 12.2 Å². The number of hydrogen-bond acceptors (Lipinski definition) is 6. The van der Waals surface area contributed by atoms with Crippen molar-refractivity contribution in [2.45, 2.75) is 43.7 Å². The van der Waals surface area contributed by atoms with Crippen molar-refractivity contribution in [3.63, 3.8) is 0 Å². The van der Waals surface area contributed by atoms with E-state index in [1.54, 1.807) is 4.68 Å². The van der Waals surface area contributed by atoms with E-state index >= 15 is 0 Å². The molecule has 5 rings (SSSR count). The standard InChI is InChI=1S/C20H22N4O4S/c1-22-17(10-23-9-13(7-18(23)26)12-5-3-2-4-6-12)21-24(20(22)29)14-8-15(25)19-27-11-16(14)28-19/h2-6,13-14,16,19H,7-11H2,1H3/t13-,14-,16+,19+/m1/s1. The van der Waals surface area contributed by atoms with Crippen molar-refractivity contribution in [2.75, 3.05) is 13.2 Å². The van der Waals surface area contributed by atoms with Crippen LogP contribution in [0.5, 0.6) is 0 Å². The fourth-order valence-corrected chi connectivity index (χ4v) is 4.65. The van der Waals surface area contributed by atoms with E-state index in [0.29, 0.717) is 43.1 Å². The van der Waals surface area contributed by atoms with Gasteiger partial charge in [0.15, 0.2) is 16.4 Å². The monoisotopic (exact) mass is 414 g/mol. The molecule has 0 saturated carbocycles. The summed E-state index contributed by atoms with van der Waals surface area (Å²) in [5, 5.41) is 4.67. The molecule has 2 aromatic rings. The second kappa shape index (κ2) is 7.16. The molecule has 4 atom stereocenters. The van der Waals surface area contributed by atoms with Crippen molar-refractivity contribution in [1.82, 2.24) is 19.2 Å². The van der Waals surface area contributed by atoms with Gasteiger partial charge in [0.2, 0.25) is 12.2 Å². The zero-order chi connectivity index (χ0) is 20.1. The van der Waals surface area contributed by atoms with Gasteiger partial charge in [-0.2, -0.15) is 5.10 Å². The number of hydrogen-bond donors (Lipinski definition) is 0. The fraction of sp³-hybridized carbons (Fsp3) is 0.500. The van der Waals surface area contributed by atoms with Gasteiger partial charge < -0.3 is 18.9 Å². The summed E-state index contributed by atoms with van der Waals surface area (Å²) in [4.78, 5) is 26.6. The molecule has 152 valence electrons. The summed E-state index contributed by atoms with van der Waals surface area (Å²) in [5.74, 6) is 0.919. The molecule has 0 unspecified atom stereocenters. The Hall–Kier alpha value is -2.36. The SMILES string of the molecule is Cn1c(CN2C[C@H](c3ccccc3)CC2=O)nn([C@@H]2CC(=O)[C@H]3OC[C@@H]2O3)c1=S. The summed E-state index contributed by atoms with van der Waals surface area (Å²) >= 11 is 5.57. The van der Waals surface area contributed by atoms with Crippen molar-refractivity contribution in [1.29, 1.82) is 0 Å². The van der Waals surface area contributed by atoms with Crippen LogP contribution in [0.1, 0.15) is 36.2 Å². The van der Waals surface area contributed by atoms with E-state index in [0.717, 1.165) is 0 Å². The first-order chi connectivity index (χ1) is 14.0. The molecule has 1 aromatic carbocycles. The first-order valence-electron chi connectivity index (χ1n) is 9.78. The number of likely N-dealkylation sites (tertiary alicyclic amines) is 1. The molecule has 4 heterocycles. The van der Waals surface area contributed by atoms with Crippen molar-refractivity contribution < 1.29 is 19.1 Å². The van der Waals surface area contributed by atoms with Crippen LogP contribution in [-0.2, 0) is 32.7 Å².